The Labute approximate surface area is 168 Å². The predicted octanol–water partition coefficient (Wildman–Crippen LogP) is 3.57. The number of hydrazone groups is 1. The average Bonchev–Trinajstić information content (AvgIpc) is 3.55. The largest absolute Gasteiger partial charge is 0.376 e. The van der Waals surface area contributed by atoms with Crippen LogP contribution in [0, 0.1) is 24.7 Å². The minimum Gasteiger partial charge on any atom is -0.376 e. The molecule has 1 aliphatic carbocycles. The van der Waals surface area contributed by atoms with Crippen molar-refractivity contribution in [2.75, 3.05) is 20.3 Å². The molecular weight excluding hydrogens is 350 g/mol. The van der Waals surface area contributed by atoms with Crippen LogP contribution in [0.4, 0.5) is 0 Å². The maximum absolute atomic E-state index is 5.91. The van der Waals surface area contributed by atoms with Gasteiger partial charge in [0, 0.05) is 31.4 Å². The minimum absolute atomic E-state index is 0.181. The number of aryl methyl sites for hydroxylation is 1. The van der Waals surface area contributed by atoms with Gasteiger partial charge in [-0.3, -0.25) is 4.99 Å². The quantitative estimate of drug-likeness (QED) is 0.354. The van der Waals surface area contributed by atoms with Crippen molar-refractivity contribution in [3.8, 4) is 11.8 Å². The lowest BCUT2D eigenvalue weighted by Gasteiger charge is -2.30. The number of methoxy groups -OCH3 is 1. The fourth-order valence-corrected chi connectivity index (χ4v) is 3.47. The van der Waals surface area contributed by atoms with Gasteiger partial charge in [0.1, 0.15) is 11.3 Å². The first-order chi connectivity index (χ1) is 13.6. The molecule has 0 bridgehead atoms. The van der Waals surface area contributed by atoms with Gasteiger partial charge in [-0.15, -0.1) is 0 Å². The van der Waals surface area contributed by atoms with E-state index in [4.69, 9.17) is 15.3 Å². The van der Waals surface area contributed by atoms with E-state index in [9.17, 15) is 0 Å². The molecule has 2 fully saturated rings. The second-order valence-corrected chi connectivity index (χ2v) is 7.81. The minimum atomic E-state index is -0.799. The SMILES string of the molecule is COC(C)(/C(C=NCC1CCCCO1)=N/N)c1cc(C#CC2CC2)ccc1C. The molecule has 2 unspecified atom stereocenters. The van der Waals surface area contributed by atoms with Gasteiger partial charge < -0.3 is 15.3 Å². The fourth-order valence-electron chi connectivity index (χ4n) is 3.47. The molecule has 2 N–H and O–H groups in total. The summed E-state index contributed by atoms with van der Waals surface area (Å²) < 4.78 is 11.7. The highest BCUT2D eigenvalue weighted by Crippen LogP contribution is 2.31. The van der Waals surface area contributed by atoms with Gasteiger partial charge in [0.15, 0.2) is 0 Å². The zero-order chi connectivity index (χ0) is 20.0. The number of hydrogen-bond donors (Lipinski definition) is 1. The third kappa shape index (κ3) is 5.01. The second-order valence-electron chi connectivity index (χ2n) is 7.81. The molecule has 1 heterocycles. The second kappa shape index (κ2) is 9.36. The fraction of sp³-hybridized carbons (Fsp3) is 0.565. The summed E-state index contributed by atoms with van der Waals surface area (Å²) in [6, 6.07) is 6.21. The van der Waals surface area contributed by atoms with Gasteiger partial charge in [0.05, 0.1) is 12.6 Å². The van der Waals surface area contributed by atoms with E-state index >= 15 is 0 Å². The van der Waals surface area contributed by atoms with Crippen LogP contribution in [0.1, 0.15) is 55.7 Å². The van der Waals surface area contributed by atoms with Crippen LogP contribution in [0.5, 0.6) is 0 Å². The normalized spacial score (nSPS) is 22.5. The number of benzene rings is 1. The monoisotopic (exact) mass is 381 g/mol. The lowest BCUT2D eigenvalue weighted by molar-refractivity contribution is 0.0225. The van der Waals surface area contributed by atoms with Crippen LogP contribution in [0.3, 0.4) is 0 Å². The van der Waals surface area contributed by atoms with Crippen LogP contribution in [0.2, 0.25) is 0 Å². The van der Waals surface area contributed by atoms with Crippen LogP contribution in [-0.2, 0) is 15.1 Å². The van der Waals surface area contributed by atoms with Crippen LogP contribution in [0.25, 0.3) is 0 Å². The molecule has 1 aromatic carbocycles. The highest BCUT2D eigenvalue weighted by Gasteiger charge is 2.34. The first kappa shape index (κ1) is 20.6. The molecule has 2 aliphatic rings. The van der Waals surface area contributed by atoms with Gasteiger partial charge in [-0.05, 0) is 69.2 Å². The Hall–Kier alpha value is -2.16. The van der Waals surface area contributed by atoms with E-state index in [1.807, 2.05) is 6.92 Å². The third-order valence-corrected chi connectivity index (χ3v) is 5.58. The topological polar surface area (TPSA) is 69.2 Å². The molecule has 150 valence electrons. The summed E-state index contributed by atoms with van der Waals surface area (Å²) in [6.45, 7) is 5.47. The molecule has 1 saturated heterocycles. The van der Waals surface area contributed by atoms with Crippen molar-refractivity contribution in [2.24, 2.45) is 21.9 Å². The van der Waals surface area contributed by atoms with Gasteiger partial charge in [0.2, 0.25) is 0 Å². The molecule has 28 heavy (non-hydrogen) atoms. The maximum atomic E-state index is 5.91. The molecule has 1 saturated carbocycles. The number of ether oxygens (including phenoxy) is 2. The Kier molecular flexibility index (Phi) is 6.88. The zero-order valence-electron chi connectivity index (χ0n) is 17.2. The Morgan fingerprint density at radius 1 is 1.36 bits per heavy atom. The molecule has 0 spiro atoms. The molecule has 5 heteroatoms. The van der Waals surface area contributed by atoms with Gasteiger partial charge >= 0.3 is 0 Å². The van der Waals surface area contributed by atoms with Crippen molar-refractivity contribution in [3.63, 3.8) is 0 Å². The van der Waals surface area contributed by atoms with E-state index in [1.54, 1.807) is 13.3 Å². The Balaban J connectivity index is 1.81. The molecular formula is C23H31N3O2. The van der Waals surface area contributed by atoms with Gasteiger partial charge in [-0.1, -0.05) is 17.9 Å². The van der Waals surface area contributed by atoms with Gasteiger partial charge in [0.25, 0.3) is 0 Å². The highest BCUT2D eigenvalue weighted by atomic mass is 16.5. The molecule has 0 aromatic heterocycles. The molecule has 3 rings (SSSR count). The van der Waals surface area contributed by atoms with Crippen LogP contribution >= 0.6 is 0 Å². The highest BCUT2D eigenvalue weighted by molar-refractivity contribution is 6.34. The molecule has 2 atom stereocenters. The zero-order valence-corrected chi connectivity index (χ0v) is 17.2. The predicted molar refractivity (Wildman–Crippen MR) is 114 cm³/mol. The van der Waals surface area contributed by atoms with E-state index in [0.29, 0.717) is 18.2 Å². The lowest BCUT2D eigenvalue weighted by Crippen LogP contribution is -2.37. The van der Waals surface area contributed by atoms with Crippen molar-refractivity contribution in [1.29, 1.82) is 0 Å². The van der Waals surface area contributed by atoms with Gasteiger partial charge in [-0.25, -0.2) is 0 Å². The van der Waals surface area contributed by atoms with Crippen LogP contribution in [0.15, 0.2) is 28.3 Å². The summed E-state index contributed by atoms with van der Waals surface area (Å²) in [5.41, 5.74) is 2.88. The van der Waals surface area contributed by atoms with Crippen molar-refractivity contribution in [2.45, 2.75) is 57.7 Å². The third-order valence-electron chi connectivity index (χ3n) is 5.58. The summed E-state index contributed by atoms with van der Waals surface area (Å²) >= 11 is 0. The number of nitrogens with zero attached hydrogens (tertiary/aromatic N) is 2. The van der Waals surface area contributed by atoms with Crippen LogP contribution in [-0.4, -0.2) is 38.3 Å². The van der Waals surface area contributed by atoms with Crippen molar-refractivity contribution < 1.29 is 9.47 Å². The molecule has 0 amide bonds. The number of aliphatic imine (C=N–C) groups is 1. The molecule has 5 nitrogen and oxygen atoms in total. The molecule has 0 radical (unpaired) electrons. The van der Waals surface area contributed by atoms with E-state index in [2.05, 4.69) is 47.1 Å². The summed E-state index contributed by atoms with van der Waals surface area (Å²) in [5.74, 6) is 12.9. The smallest absolute Gasteiger partial charge is 0.135 e. The Morgan fingerprint density at radius 2 is 2.18 bits per heavy atom. The van der Waals surface area contributed by atoms with Crippen molar-refractivity contribution in [1.82, 2.24) is 0 Å². The van der Waals surface area contributed by atoms with Gasteiger partial charge in [-0.2, -0.15) is 5.10 Å². The lowest BCUT2D eigenvalue weighted by atomic mass is 9.86. The first-order valence-electron chi connectivity index (χ1n) is 10.1. The summed E-state index contributed by atoms with van der Waals surface area (Å²) in [6.07, 6.45) is 7.72. The van der Waals surface area contributed by atoms with E-state index < -0.39 is 5.60 Å². The molecule has 1 aromatic rings. The summed E-state index contributed by atoms with van der Waals surface area (Å²) in [5, 5.41) is 4.01. The standard InChI is InChI=1S/C23H31N3O2/c1-17-7-8-19(12-11-18-9-10-18)14-21(17)23(2,27-3)22(26-24)16-25-15-20-6-4-5-13-28-20/h7-8,14,16,18,20H,4-6,9-10,13,15,24H2,1-3H3/b25-16?,26-22+. The maximum Gasteiger partial charge on any atom is 0.135 e. The summed E-state index contributed by atoms with van der Waals surface area (Å²) in [7, 11) is 1.67. The van der Waals surface area contributed by atoms with E-state index in [-0.39, 0.29) is 6.10 Å². The Morgan fingerprint density at radius 3 is 2.82 bits per heavy atom. The average molecular weight is 382 g/mol. The Bertz CT molecular complexity index is 796. The van der Waals surface area contributed by atoms with Crippen LogP contribution < -0.4 is 5.84 Å². The first-order valence-corrected chi connectivity index (χ1v) is 10.1. The van der Waals surface area contributed by atoms with Crippen molar-refractivity contribution >= 4 is 11.9 Å². The van der Waals surface area contributed by atoms with E-state index in [1.165, 1.54) is 19.3 Å². The van der Waals surface area contributed by atoms with Crippen molar-refractivity contribution in [3.05, 3.63) is 34.9 Å². The number of rotatable bonds is 6. The number of nitrogens with two attached hydrogens (primary N) is 1. The number of hydrogen-bond acceptors (Lipinski definition) is 5. The van der Waals surface area contributed by atoms with E-state index in [0.717, 1.165) is 36.1 Å². The molecule has 1 aliphatic heterocycles. The summed E-state index contributed by atoms with van der Waals surface area (Å²) in [4.78, 5) is 4.56.